The summed E-state index contributed by atoms with van der Waals surface area (Å²) in [5.74, 6) is -0.898. The largest absolute Gasteiger partial charge is 0.481 e. The first-order chi connectivity index (χ1) is 9.11. The second-order valence-electron chi connectivity index (χ2n) is 4.37. The Morgan fingerprint density at radius 1 is 1.32 bits per heavy atom. The zero-order valence-electron chi connectivity index (χ0n) is 10.6. The molecule has 7 nitrogen and oxygen atoms in total. The third kappa shape index (κ3) is 2.98. The van der Waals surface area contributed by atoms with E-state index in [2.05, 4.69) is 14.9 Å². The minimum atomic E-state index is -0.744. The number of nitrogens with zero attached hydrogens (tertiary/aromatic N) is 3. The number of hydrogen-bond acceptors (Lipinski definition) is 6. The molecule has 0 bridgehead atoms. The molecule has 1 aromatic heterocycles. The van der Waals surface area contributed by atoms with Crippen LogP contribution in [0.15, 0.2) is 12.1 Å². The number of anilines is 1. The summed E-state index contributed by atoms with van der Waals surface area (Å²) in [5, 5.41) is 16.7. The number of aliphatic carboxylic acids is 1. The summed E-state index contributed by atoms with van der Waals surface area (Å²) in [4.78, 5) is 24.0. The standard InChI is InChI=1S/C12H15N3O4/c1-19-12(18)9-2-3-10(14-13-9)15-6-4-8(5-7-15)11(16)17/h2-3,8H,4-7H2,1H3,(H,16,17). The molecule has 2 rings (SSSR count). The summed E-state index contributed by atoms with van der Waals surface area (Å²) in [6.45, 7) is 1.26. The molecule has 0 amide bonds. The van der Waals surface area contributed by atoms with Gasteiger partial charge in [-0.2, -0.15) is 0 Å². The fourth-order valence-corrected chi connectivity index (χ4v) is 2.06. The van der Waals surface area contributed by atoms with Gasteiger partial charge in [0, 0.05) is 13.1 Å². The quantitative estimate of drug-likeness (QED) is 0.798. The van der Waals surface area contributed by atoms with Gasteiger partial charge in [0.25, 0.3) is 0 Å². The highest BCUT2D eigenvalue weighted by Crippen LogP contribution is 2.21. The number of ether oxygens (including phenoxy) is 1. The molecule has 0 saturated carbocycles. The van der Waals surface area contributed by atoms with Gasteiger partial charge in [-0.3, -0.25) is 4.79 Å². The Balaban J connectivity index is 2.00. The first-order valence-corrected chi connectivity index (χ1v) is 6.01. The lowest BCUT2D eigenvalue weighted by molar-refractivity contribution is -0.142. The minimum absolute atomic E-state index is 0.159. The first-order valence-electron chi connectivity index (χ1n) is 6.01. The number of aromatic nitrogens is 2. The number of carboxylic acid groups (broad SMARTS) is 1. The number of carboxylic acids is 1. The minimum Gasteiger partial charge on any atom is -0.481 e. The van der Waals surface area contributed by atoms with Crippen molar-refractivity contribution in [2.75, 3.05) is 25.1 Å². The van der Waals surface area contributed by atoms with E-state index in [1.54, 1.807) is 12.1 Å². The van der Waals surface area contributed by atoms with Crippen molar-refractivity contribution >= 4 is 17.8 Å². The van der Waals surface area contributed by atoms with Crippen LogP contribution in [0.1, 0.15) is 23.3 Å². The van der Waals surface area contributed by atoms with Crippen LogP contribution in [-0.4, -0.2) is 47.4 Å². The summed E-state index contributed by atoms with van der Waals surface area (Å²) in [5.41, 5.74) is 0.159. The van der Waals surface area contributed by atoms with Crippen LogP contribution in [0, 0.1) is 5.92 Å². The molecular weight excluding hydrogens is 250 g/mol. The molecule has 2 heterocycles. The average molecular weight is 265 g/mol. The van der Waals surface area contributed by atoms with Crippen LogP contribution >= 0.6 is 0 Å². The van der Waals surface area contributed by atoms with Crippen molar-refractivity contribution < 1.29 is 19.4 Å². The lowest BCUT2D eigenvalue weighted by Crippen LogP contribution is -2.36. The van der Waals surface area contributed by atoms with Crippen molar-refractivity contribution in [2.24, 2.45) is 5.92 Å². The van der Waals surface area contributed by atoms with E-state index in [0.717, 1.165) is 0 Å². The Morgan fingerprint density at radius 3 is 2.47 bits per heavy atom. The molecule has 0 atom stereocenters. The Hall–Kier alpha value is -2.18. The van der Waals surface area contributed by atoms with Crippen molar-refractivity contribution in [3.8, 4) is 0 Å². The third-order valence-corrected chi connectivity index (χ3v) is 3.21. The molecule has 1 fully saturated rings. The normalized spacial score (nSPS) is 16.2. The van der Waals surface area contributed by atoms with Gasteiger partial charge >= 0.3 is 11.9 Å². The summed E-state index contributed by atoms with van der Waals surface area (Å²) in [7, 11) is 1.29. The van der Waals surface area contributed by atoms with Gasteiger partial charge in [-0.15, -0.1) is 10.2 Å². The number of piperidine rings is 1. The zero-order chi connectivity index (χ0) is 13.8. The van der Waals surface area contributed by atoms with Gasteiger partial charge in [0.05, 0.1) is 13.0 Å². The highest BCUT2D eigenvalue weighted by molar-refractivity contribution is 5.87. The van der Waals surface area contributed by atoms with Gasteiger partial charge in [-0.05, 0) is 25.0 Å². The number of methoxy groups -OCH3 is 1. The van der Waals surface area contributed by atoms with Gasteiger partial charge in [-0.25, -0.2) is 4.79 Å². The van der Waals surface area contributed by atoms with Crippen LogP contribution < -0.4 is 4.90 Å². The predicted octanol–water partition coefficient (Wildman–Crippen LogP) is 0.564. The van der Waals surface area contributed by atoms with Crippen LogP contribution in [0.2, 0.25) is 0 Å². The molecule has 0 radical (unpaired) electrons. The molecule has 1 N–H and O–H groups in total. The van der Waals surface area contributed by atoms with Crippen LogP contribution in [0.3, 0.4) is 0 Å². The molecule has 7 heteroatoms. The molecule has 1 saturated heterocycles. The highest BCUT2D eigenvalue weighted by Gasteiger charge is 2.25. The summed E-state index contributed by atoms with van der Waals surface area (Å²) in [6, 6.07) is 3.25. The average Bonchev–Trinajstić information content (AvgIpc) is 2.46. The lowest BCUT2D eigenvalue weighted by atomic mass is 9.97. The summed E-state index contributed by atoms with van der Waals surface area (Å²) in [6.07, 6.45) is 1.19. The first kappa shape index (κ1) is 13.3. The number of hydrogen-bond donors (Lipinski definition) is 1. The van der Waals surface area contributed by atoms with E-state index in [-0.39, 0.29) is 11.6 Å². The number of carbonyl (C=O) groups is 2. The van der Waals surface area contributed by atoms with Crippen molar-refractivity contribution in [2.45, 2.75) is 12.8 Å². The molecule has 1 aliphatic rings. The maximum absolute atomic E-state index is 11.2. The highest BCUT2D eigenvalue weighted by atomic mass is 16.5. The van der Waals surface area contributed by atoms with Gasteiger partial charge in [0.1, 0.15) is 0 Å². The van der Waals surface area contributed by atoms with Crippen LogP contribution in [0.25, 0.3) is 0 Å². The Morgan fingerprint density at radius 2 is 2.00 bits per heavy atom. The number of esters is 1. The molecule has 0 spiro atoms. The van der Waals surface area contributed by atoms with E-state index in [9.17, 15) is 9.59 Å². The fourth-order valence-electron chi connectivity index (χ4n) is 2.06. The van der Waals surface area contributed by atoms with E-state index < -0.39 is 11.9 Å². The van der Waals surface area contributed by atoms with Crippen LogP contribution in [-0.2, 0) is 9.53 Å². The molecule has 0 aromatic carbocycles. The van der Waals surface area contributed by atoms with Crippen molar-refractivity contribution in [3.63, 3.8) is 0 Å². The molecule has 0 aliphatic carbocycles. The maximum Gasteiger partial charge on any atom is 0.358 e. The fraction of sp³-hybridized carbons (Fsp3) is 0.500. The van der Waals surface area contributed by atoms with E-state index in [1.165, 1.54) is 7.11 Å². The third-order valence-electron chi connectivity index (χ3n) is 3.21. The Kier molecular flexibility index (Phi) is 3.94. The van der Waals surface area contributed by atoms with Crippen molar-refractivity contribution in [3.05, 3.63) is 17.8 Å². The van der Waals surface area contributed by atoms with Crippen LogP contribution in [0.5, 0.6) is 0 Å². The van der Waals surface area contributed by atoms with E-state index in [0.29, 0.717) is 31.7 Å². The summed E-state index contributed by atoms with van der Waals surface area (Å²) < 4.78 is 4.54. The Labute approximate surface area is 110 Å². The van der Waals surface area contributed by atoms with Crippen molar-refractivity contribution in [1.82, 2.24) is 10.2 Å². The summed E-state index contributed by atoms with van der Waals surface area (Å²) >= 11 is 0. The van der Waals surface area contributed by atoms with Gasteiger partial charge < -0.3 is 14.7 Å². The lowest BCUT2D eigenvalue weighted by Gasteiger charge is -2.30. The Bertz CT molecular complexity index is 466. The van der Waals surface area contributed by atoms with Gasteiger partial charge in [0.15, 0.2) is 11.5 Å². The molecule has 1 aliphatic heterocycles. The molecular formula is C12H15N3O4. The predicted molar refractivity (Wildman–Crippen MR) is 65.9 cm³/mol. The monoisotopic (exact) mass is 265 g/mol. The topological polar surface area (TPSA) is 92.6 Å². The second-order valence-corrected chi connectivity index (χ2v) is 4.37. The van der Waals surface area contributed by atoms with Gasteiger partial charge in [-0.1, -0.05) is 0 Å². The van der Waals surface area contributed by atoms with E-state index >= 15 is 0 Å². The van der Waals surface area contributed by atoms with Crippen LogP contribution in [0.4, 0.5) is 5.82 Å². The molecule has 19 heavy (non-hydrogen) atoms. The number of rotatable bonds is 3. The molecule has 102 valence electrons. The molecule has 0 unspecified atom stereocenters. The second kappa shape index (κ2) is 5.64. The maximum atomic E-state index is 11.2. The molecule has 1 aromatic rings. The van der Waals surface area contributed by atoms with Crippen molar-refractivity contribution in [1.29, 1.82) is 0 Å². The SMILES string of the molecule is COC(=O)c1ccc(N2CCC(C(=O)O)CC2)nn1. The smallest absolute Gasteiger partial charge is 0.358 e. The number of carbonyl (C=O) groups excluding carboxylic acids is 1. The van der Waals surface area contributed by atoms with E-state index in [4.69, 9.17) is 5.11 Å². The van der Waals surface area contributed by atoms with Gasteiger partial charge in [0.2, 0.25) is 0 Å². The van der Waals surface area contributed by atoms with E-state index in [1.807, 2.05) is 4.90 Å². The zero-order valence-corrected chi connectivity index (χ0v) is 10.6.